The molecular formula is C20H27N3O3S. The molecule has 1 saturated heterocycles. The lowest BCUT2D eigenvalue weighted by Gasteiger charge is -2.26. The molecular weight excluding hydrogens is 362 g/mol. The summed E-state index contributed by atoms with van der Waals surface area (Å²) < 4.78 is 16.7. The minimum atomic E-state index is 0.278. The number of nitrogens with zero attached hydrogens (tertiary/aromatic N) is 3. The Morgan fingerprint density at radius 3 is 2.63 bits per heavy atom. The summed E-state index contributed by atoms with van der Waals surface area (Å²) >= 11 is 1.55. The van der Waals surface area contributed by atoms with Gasteiger partial charge in [-0.3, -0.25) is 4.90 Å². The van der Waals surface area contributed by atoms with E-state index >= 15 is 0 Å². The van der Waals surface area contributed by atoms with Gasteiger partial charge in [0.25, 0.3) is 0 Å². The Kier molecular flexibility index (Phi) is 7.32. The Balaban J connectivity index is 1.76. The molecule has 27 heavy (non-hydrogen) atoms. The molecule has 1 fully saturated rings. The predicted molar refractivity (Wildman–Crippen MR) is 106 cm³/mol. The average molecular weight is 390 g/mol. The molecule has 0 aliphatic carbocycles. The maximum absolute atomic E-state index is 5.86. The molecule has 0 unspecified atom stereocenters. The number of rotatable bonds is 9. The van der Waals surface area contributed by atoms with Gasteiger partial charge < -0.3 is 14.2 Å². The van der Waals surface area contributed by atoms with Gasteiger partial charge in [-0.25, -0.2) is 9.97 Å². The van der Waals surface area contributed by atoms with Gasteiger partial charge in [0.1, 0.15) is 11.5 Å². The average Bonchev–Trinajstić information content (AvgIpc) is 3.22. The van der Waals surface area contributed by atoms with E-state index in [4.69, 9.17) is 14.2 Å². The van der Waals surface area contributed by atoms with Crippen LogP contribution in [0.25, 0.3) is 0 Å². The molecule has 0 spiro atoms. The standard InChI is InChI=1S/C20H27N3O3S/c1-24-17-7-6-16(19(9-17)25-2)13-23(14-18-5-4-8-26-18)12-15-10-21-20(27-3)22-11-15/h6-7,9-11,18H,4-5,8,12-14H2,1-3H3/t18-/m1/s1. The molecule has 1 aliphatic heterocycles. The maximum atomic E-state index is 5.86. The van der Waals surface area contributed by atoms with E-state index in [1.165, 1.54) is 0 Å². The molecule has 6 nitrogen and oxygen atoms in total. The molecule has 146 valence electrons. The van der Waals surface area contributed by atoms with Crippen molar-refractivity contribution in [1.29, 1.82) is 0 Å². The number of methoxy groups -OCH3 is 2. The summed E-state index contributed by atoms with van der Waals surface area (Å²) in [5, 5.41) is 0.793. The van der Waals surface area contributed by atoms with Gasteiger partial charge in [-0.15, -0.1) is 0 Å². The van der Waals surface area contributed by atoms with Crippen LogP contribution < -0.4 is 9.47 Å². The van der Waals surface area contributed by atoms with Crippen LogP contribution in [0, 0.1) is 0 Å². The zero-order chi connectivity index (χ0) is 19.1. The molecule has 0 amide bonds. The lowest BCUT2D eigenvalue weighted by Crippen LogP contribution is -2.31. The normalized spacial score (nSPS) is 16.7. The van der Waals surface area contributed by atoms with Crippen LogP contribution in [0.5, 0.6) is 11.5 Å². The molecule has 1 aliphatic rings. The second-order valence-electron chi connectivity index (χ2n) is 6.56. The first-order chi connectivity index (χ1) is 13.2. The maximum Gasteiger partial charge on any atom is 0.187 e. The van der Waals surface area contributed by atoms with Crippen molar-refractivity contribution < 1.29 is 14.2 Å². The summed E-state index contributed by atoms with van der Waals surface area (Å²) in [5.41, 5.74) is 2.22. The third-order valence-electron chi connectivity index (χ3n) is 4.64. The first kappa shape index (κ1) is 19.9. The van der Waals surface area contributed by atoms with Crippen molar-refractivity contribution >= 4 is 11.8 Å². The summed E-state index contributed by atoms with van der Waals surface area (Å²) in [7, 11) is 3.36. The van der Waals surface area contributed by atoms with Crippen LogP contribution in [0.4, 0.5) is 0 Å². The fourth-order valence-corrected chi connectivity index (χ4v) is 3.59. The van der Waals surface area contributed by atoms with Gasteiger partial charge in [-0.05, 0) is 25.2 Å². The fraction of sp³-hybridized carbons (Fsp3) is 0.500. The third-order valence-corrected chi connectivity index (χ3v) is 5.22. The Bertz CT molecular complexity index is 721. The molecule has 1 atom stereocenters. The van der Waals surface area contributed by atoms with E-state index in [1.54, 1.807) is 26.0 Å². The van der Waals surface area contributed by atoms with Crippen LogP contribution in [0.3, 0.4) is 0 Å². The van der Waals surface area contributed by atoms with Gasteiger partial charge in [0.15, 0.2) is 5.16 Å². The Morgan fingerprint density at radius 2 is 2.00 bits per heavy atom. The van der Waals surface area contributed by atoms with Crippen LogP contribution in [0.2, 0.25) is 0 Å². The van der Waals surface area contributed by atoms with E-state index < -0.39 is 0 Å². The Hall–Kier alpha value is -1.83. The number of ether oxygens (including phenoxy) is 3. The van der Waals surface area contributed by atoms with Crippen molar-refractivity contribution in [2.75, 3.05) is 33.6 Å². The minimum absolute atomic E-state index is 0.278. The van der Waals surface area contributed by atoms with Gasteiger partial charge in [0.05, 0.1) is 20.3 Å². The molecule has 7 heteroatoms. The lowest BCUT2D eigenvalue weighted by molar-refractivity contribution is 0.0675. The van der Waals surface area contributed by atoms with Crippen molar-refractivity contribution in [1.82, 2.24) is 14.9 Å². The van der Waals surface area contributed by atoms with Crippen LogP contribution in [-0.2, 0) is 17.8 Å². The second-order valence-corrected chi connectivity index (χ2v) is 7.33. The summed E-state index contributed by atoms with van der Waals surface area (Å²) in [6, 6.07) is 5.96. The number of aromatic nitrogens is 2. The monoisotopic (exact) mass is 389 g/mol. The van der Waals surface area contributed by atoms with E-state index in [0.29, 0.717) is 0 Å². The third kappa shape index (κ3) is 5.57. The zero-order valence-corrected chi connectivity index (χ0v) is 17.0. The number of thioether (sulfide) groups is 1. The van der Waals surface area contributed by atoms with E-state index in [-0.39, 0.29) is 6.10 Å². The summed E-state index contributed by atoms with van der Waals surface area (Å²) in [4.78, 5) is 11.2. The van der Waals surface area contributed by atoms with Gasteiger partial charge >= 0.3 is 0 Å². The van der Waals surface area contributed by atoms with E-state index in [1.807, 2.05) is 30.8 Å². The fourth-order valence-electron chi connectivity index (χ4n) is 3.27. The number of benzene rings is 1. The second kappa shape index (κ2) is 9.92. The van der Waals surface area contributed by atoms with E-state index in [2.05, 4.69) is 20.9 Å². The first-order valence-corrected chi connectivity index (χ1v) is 10.3. The van der Waals surface area contributed by atoms with E-state index in [0.717, 1.165) is 66.9 Å². The van der Waals surface area contributed by atoms with Crippen LogP contribution in [0.15, 0.2) is 35.7 Å². The van der Waals surface area contributed by atoms with Crippen molar-refractivity contribution in [3.05, 3.63) is 41.7 Å². The molecule has 0 N–H and O–H groups in total. The number of hydrogen-bond acceptors (Lipinski definition) is 7. The van der Waals surface area contributed by atoms with E-state index in [9.17, 15) is 0 Å². The summed E-state index contributed by atoms with van der Waals surface area (Å²) in [6.45, 7) is 3.26. The van der Waals surface area contributed by atoms with Crippen LogP contribution in [-0.4, -0.2) is 54.6 Å². The van der Waals surface area contributed by atoms with Crippen molar-refractivity contribution in [3.63, 3.8) is 0 Å². The Labute approximate surface area is 165 Å². The zero-order valence-electron chi connectivity index (χ0n) is 16.2. The molecule has 1 aromatic carbocycles. The topological polar surface area (TPSA) is 56.7 Å². The van der Waals surface area contributed by atoms with Crippen molar-refractivity contribution in [3.8, 4) is 11.5 Å². The molecule has 2 aromatic rings. The highest BCUT2D eigenvalue weighted by molar-refractivity contribution is 7.98. The number of hydrogen-bond donors (Lipinski definition) is 0. The molecule has 1 aromatic heterocycles. The molecule has 0 radical (unpaired) electrons. The SMILES string of the molecule is COc1ccc(CN(Cc2cnc(SC)nc2)C[C@H]2CCCO2)c(OC)c1. The quantitative estimate of drug-likeness (QED) is 0.481. The summed E-state index contributed by atoms with van der Waals surface area (Å²) in [6.07, 6.45) is 8.32. The highest BCUT2D eigenvalue weighted by atomic mass is 32.2. The highest BCUT2D eigenvalue weighted by Crippen LogP contribution is 2.27. The predicted octanol–water partition coefficient (Wildman–Crippen LogP) is 3.40. The first-order valence-electron chi connectivity index (χ1n) is 9.11. The smallest absolute Gasteiger partial charge is 0.187 e. The highest BCUT2D eigenvalue weighted by Gasteiger charge is 2.21. The lowest BCUT2D eigenvalue weighted by atomic mass is 10.1. The van der Waals surface area contributed by atoms with Crippen molar-refractivity contribution in [2.24, 2.45) is 0 Å². The minimum Gasteiger partial charge on any atom is -0.497 e. The Morgan fingerprint density at radius 1 is 1.19 bits per heavy atom. The molecule has 0 bridgehead atoms. The summed E-state index contributed by atoms with van der Waals surface area (Å²) in [5.74, 6) is 1.63. The largest absolute Gasteiger partial charge is 0.497 e. The van der Waals surface area contributed by atoms with Gasteiger partial charge in [0, 0.05) is 55.8 Å². The molecule has 0 saturated carbocycles. The molecule has 3 rings (SSSR count). The van der Waals surface area contributed by atoms with Crippen LogP contribution in [0.1, 0.15) is 24.0 Å². The molecule has 2 heterocycles. The van der Waals surface area contributed by atoms with Gasteiger partial charge in [-0.2, -0.15) is 0 Å². The van der Waals surface area contributed by atoms with Crippen LogP contribution >= 0.6 is 11.8 Å². The van der Waals surface area contributed by atoms with Gasteiger partial charge in [-0.1, -0.05) is 17.8 Å². The van der Waals surface area contributed by atoms with Gasteiger partial charge in [0.2, 0.25) is 0 Å². The van der Waals surface area contributed by atoms with Crippen molar-refractivity contribution in [2.45, 2.75) is 37.2 Å².